The highest BCUT2D eigenvalue weighted by Crippen LogP contribution is 2.29. The van der Waals surface area contributed by atoms with Gasteiger partial charge in [-0.2, -0.15) is 0 Å². The van der Waals surface area contributed by atoms with E-state index in [1.54, 1.807) is 11.3 Å². The summed E-state index contributed by atoms with van der Waals surface area (Å²) in [6, 6.07) is 29.7. The van der Waals surface area contributed by atoms with E-state index in [0.717, 1.165) is 38.5 Å². The number of hydrogen-bond donors (Lipinski definition) is 2. The number of anilines is 3. The number of amides is 1. The highest BCUT2D eigenvalue weighted by atomic mass is 32.1. The van der Waals surface area contributed by atoms with E-state index >= 15 is 0 Å². The molecule has 0 radical (unpaired) electrons. The molecular formula is C27H21N3OS. The number of rotatable bonds is 5. The van der Waals surface area contributed by atoms with Crippen molar-refractivity contribution < 1.29 is 4.79 Å². The third kappa shape index (κ3) is 4.24. The molecule has 0 fully saturated rings. The molecule has 0 bridgehead atoms. The zero-order chi connectivity index (χ0) is 21.9. The molecule has 0 aliphatic rings. The summed E-state index contributed by atoms with van der Waals surface area (Å²) >= 11 is 1.56. The van der Waals surface area contributed by atoms with Gasteiger partial charge in [-0.15, -0.1) is 11.3 Å². The molecule has 2 N–H and O–H groups in total. The molecule has 4 nitrogen and oxygen atoms in total. The van der Waals surface area contributed by atoms with Crippen molar-refractivity contribution in [3.63, 3.8) is 0 Å². The lowest BCUT2D eigenvalue weighted by Gasteiger charge is -2.08. The molecule has 4 aromatic carbocycles. The molecule has 5 heteroatoms. The lowest BCUT2D eigenvalue weighted by Crippen LogP contribution is -2.11. The highest BCUT2D eigenvalue weighted by Gasteiger charge is 2.10. The van der Waals surface area contributed by atoms with E-state index in [0.29, 0.717) is 5.56 Å². The van der Waals surface area contributed by atoms with Crippen molar-refractivity contribution in [1.29, 1.82) is 0 Å². The van der Waals surface area contributed by atoms with E-state index in [-0.39, 0.29) is 5.91 Å². The van der Waals surface area contributed by atoms with Crippen LogP contribution in [0.15, 0.2) is 96.4 Å². The van der Waals surface area contributed by atoms with Gasteiger partial charge in [0.2, 0.25) is 0 Å². The summed E-state index contributed by atoms with van der Waals surface area (Å²) in [6.45, 7) is 2.07. The zero-order valence-corrected chi connectivity index (χ0v) is 18.3. The van der Waals surface area contributed by atoms with E-state index < -0.39 is 0 Å². The lowest BCUT2D eigenvalue weighted by molar-refractivity contribution is 0.102. The first-order valence-corrected chi connectivity index (χ1v) is 11.2. The molecule has 32 heavy (non-hydrogen) atoms. The van der Waals surface area contributed by atoms with Gasteiger partial charge in [-0.25, -0.2) is 4.98 Å². The van der Waals surface area contributed by atoms with E-state index in [4.69, 9.17) is 4.98 Å². The summed E-state index contributed by atoms with van der Waals surface area (Å²) in [6.07, 6.45) is 0. The Morgan fingerprint density at radius 2 is 1.66 bits per heavy atom. The Labute approximate surface area is 190 Å². The van der Waals surface area contributed by atoms with Crippen LogP contribution >= 0.6 is 11.3 Å². The van der Waals surface area contributed by atoms with Crippen LogP contribution < -0.4 is 10.6 Å². The van der Waals surface area contributed by atoms with Crippen LogP contribution in [-0.4, -0.2) is 10.9 Å². The molecule has 0 unspecified atom stereocenters. The Hall–Kier alpha value is -3.96. The van der Waals surface area contributed by atoms with Gasteiger partial charge in [-0.05, 0) is 53.6 Å². The number of carbonyl (C=O) groups excluding carboxylic acids is 1. The minimum atomic E-state index is -0.131. The second kappa shape index (κ2) is 8.65. The zero-order valence-electron chi connectivity index (χ0n) is 17.5. The molecule has 5 aromatic rings. The van der Waals surface area contributed by atoms with Gasteiger partial charge in [0.25, 0.3) is 5.91 Å². The quantitative estimate of drug-likeness (QED) is 0.305. The average Bonchev–Trinajstić information content (AvgIpc) is 3.29. The molecule has 0 aliphatic carbocycles. The fraction of sp³-hybridized carbons (Fsp3) is 0.0370. The standard InChI is InChI=1S/C27H21N3OS/c1-18-7-2-5-12-24(18)29-27-30-25(17-32-27)21-10-6-11-23(16-21)28-26(31)22-14-13-19-8-3-4-9-20(19)15-22/h2-17H,1H3,(H,28,31)(H,29,30). The monoisotopic (exact) mass is 435 g/mol. The highest BCUT2D eigenvalue weighted by molar-refractivity contribution is 7.14. The first kappa shape index (κ1) is 20.0. The summed E-state index contributed by atoms with van der Waals surface area (Å²) in [5, 5.41) is 11.4. The van der Waals surface area contributed by atoms with Crippen molar-refractivity contribution in [2.75, 3.05) is 10.6 Å². The third-order valence-electron chi connectivity index (χ3n) is 5.32. The minimum Gasteiger partial charge on any atom is -0.331 e. The van der Waals surface area contributed by atoms with E-state index in [1.807, 2.05) is 90.3 Å². The molecule has 0 aliphatic heterocycles. The van der Waals surface area contributed by atoms with Gasteiger partial charge in [0.15, 0.2) is 5.13 Å². The van der Waals surface area contributed by atoms with Crippen LogP contribution in [0, 0.1) is 6.92 Å². The SMILES string of the molecule is Cc1ccccc1Nc1nc(-c2cccc(NC(=O)c3ccc4ccccc4c3)c2)cs1. The molecule has 5 rings (SSSR count). The first-order valence-electron chi connectivity index (χ1n) is 10.3. The van der Waals surface area contributed by atoms with Crippen molar-refractivity contribution in [3.8, 4) is 11.3 Å². The van der Waals surface area contributed by atoms with Crippen molar-refractivity contribution in [2.24, 2.45) is 0 Å². The Balaban J connectivity index is 1.34. The predicted octanol–water partition coefficient (Wildman–Crippen LogP) is 7.27. The number of fused-ring (bicyclic) bond motifs is 1. The number of carbonyl (C=O) groups is 1. The van der Waals surface area contributed by atoms with Crippen LogP contribution in [0.4, 0.5) is 16.5 Å². The van der Waals surface area contributed by atoms with Crippen LogP contribution in [0.25, 0.3) is 22.0 Å². The van der Waals surface area contributed by atoms with E-state index in [1.165, 1.54) is 5.56 Å². The van der Waals surface area contributed by atoms with Gasteiger partial charge >= 0.3 is 0 Å². The van der Waals surface area contributed by atoms with Crippen molar-refractivity contribution in [2.45, 2.75) is 6.92 Å². The average molecular weight is 436 g/mol. The number of benzene rings is 4. The number of thiazole rings is 1. The van der Waals surface area contributed by atoms with Crippen molar-refractivity contribution in [1.82, 2.24) is 4.98 Å². The molecule has 0 saturated heterocycles. The summed E-state index contributed by atoms with van der Waals surface area (Å²) in [5.41, 5.74) is 5.41. The molecular weight excluding hydrogens is 414 g/mol. The second-order valence-electron chi connectivity index (χ2n) is 7.57. The third-order valence-corrected chi connectivity index (χ3v) is 6.08. The molecule has 156 valence electrons. The maximum Gasteiger partial charge on any atom is 0.255 e. The maximum absolute atomic E-state index is 12.8. The Morgan fingerprint density at radius 1 is 0.844 bits per heavy atom. The summed E-state index contributed by atoms with van der Waals surface area (Å²) in [4.78, 5) is 17.5. The van der Waals surface area contributed by atoms with Gasteiger partial charge in [0.05, 0.1) is 5.69 Å². The second-order valence-corrected chi connectivity index (χ2v) is 8.43. The maximum atomic E-state index is 12.8. The van der Waals surface area contributed by atoms with Gasteiger partial charge < -0.3 is 10.6 Å². The summed E-state index contributed by atoms with van der Waals surface area (Å²) in [5.74, 6) is -0.131. The minimum absolute atomic E-state index is 0.131. The Kier molecular flexibility index (Phi) is 5.40. The van der Waals surface area contributed by atoms with Crippen LogP contribution in [0.1, 0.15) is 15.9 Å². The fourth-order valence-corrected chi connectivity index (χ4v) is 4.31. The van der Waals surface area contributed by atoms with Gasteiger partial charge in [-0.1, -0.05) is 60.7 Å². The molecule has 0 spiro atoms. The van der Waals surface area contributed by atoms with Crippen LogP contribution in [0.5, 0.6) is 0 Å². The number of aryl methyl sites for hydroxylation is 1. The predicted molar refractivity (Wildman–Crippen MR) is 134 cm³/mol. The summed E-state index contributed by atoms with van der Waals surface area (Å²) in [7, 11) is 0. The molecule has 1 aromatic heterocycles. The van der Waals surface area contributed by atoms with E-state index in [9.17, 15) is 4.79 Å². The lowest BCUT2D eigenvalue weighted by atomic mass is 10.1. The van der Waals surface area contributed by atoms with Gasteiger partial charge in [0.1, 0.15) is 0 Å². The molecule has 1 amide bonds. The van der Waals surface area contributed by atoms with Gasteiger partial charge in [-0.3, -0.25) is 4.79 Å². The number of nitrogens with one attached hydrogen (secondary N) is 2. The van der Waals surface area contributed by atoms with E-state index in [2.05, 4.69) is 23.6 Å². The Bertz CT molecular complexity index is 1420. The van der Waals surface area contributed by atoms with Crippen LogP contribution in [0.3, 0.4) is 0 Å². The van der Waals surface area contributed by atoms with Crippen LogP contribution in [-0.2, 0) is 0 Å². The number of para-hydroxylation sites is 1. The topological polar surface area (TPSA) is 54.0 Å². The largest absolute Gasteiger partial charge is 0.331 e. The number of hydrogen-bond acceptors (Lipinski definition) is 4. The molecule has 1 heterocycles. The number of aromatic nitrogens is 1. The number of nitrogens with zero attached hydrogens (tertiary/aromatic N) is 1. The normalized spacial score (nSPS) is 10.8. The Morgan fingerprint density at radius 3 is 2.53 bits per heavy atom. The summed E-state index contributed by atoms with van der Waals surface area (Å²) < 4.78 is 0. The van der Waals surface area contributed by atoms with Crippen LogP contribution in [0.2, 0.25) is 0 Å². The van der Waals surface area contributed by atoms with Gasteiger partial charge in [0, 0.05) is 27.9 Å². The molecule has 0 atom stereocenters. The fourth-order valence-electron chi connectivity index (χ4n) is 3.58. The smallest absolute Gasteiger partial charge is 0.255 e. The first-order chi connectivity index (χ1) is 15.7. The van der Waals surface area contributed by atoms with Crippen molar-refractivity contribution in [3.05, 3.63) is 108 Å². The van der Waals surface area contributed by atoms with Crippen molar-refractivity contribution >= 4 is 44.5 Å². The molecule has 0 saturated carbocycles.